The number of urea groups is 1. The number of hydrogen-bond donors (Lipinski definition) is 2. The third kappa shape index (κ3) is 3.71. The molecule has 114 valence electrons. The molecule has 0 aromatic heterocycles. The van der Waals surface area contributed by atoms with Crippen LogP contribution < -0.4 is 10.2 Å². The molecular weight excluding hydrogens is 275 g/mol. The second-order valence-electron chi connectivity index (χ2n) is 5.22. The van der Waals surface area contributed by atoms with Gasteiger partial charge in [0.15, 0.2) is 0 Å². The molecule has 1 aliphatic rings. The van der Waals surface area contributed by atoms with Gasteiger partial charge in [0.1, 0.15) is 5.82 Å². The van der Waals surface area contributed by atoms with E-state index in [0.29, 0.717) is 31.5 Å². The van der Waals surface area contributed by atoms with Gasteiger partial charge in [0.25, 0.3) is 0 Å². The van der Waals surface area contributed by atoms with E-state index in [1.807, 2.05) is 0 Å². The summed E-state index contributed by atoms with van der Waals surface area (Å²) in [5.41, 5.74) is 0.489. The number of nitrogens with one attached hydrogen (secondary N) is 1. The Morgan fingerprint density at radius 3 is 2.76 bits per heavy atom. The molecule has 2 amide bonds. The van der Waals surface area contributed by atoms with Gasteiger partial charge in [-0.2, -0.15) is 0 Å². The predicted molar refractivity (Wildman–Crippen MR) is 76.7 cm³/mol. The maximum atomic E-state index is 13.2. The normalized spacial score (nSPS) is 21.0. The van der Waals surface area contributed by atoms with Crippen molar-refractivity contribution in [2.24, 2.45) is 5.92 Å². The number of carboxylic acid groups (broad SMARTS) is 1. The van der Waals surface area contributed by atoms with Crippen molar-refractivity contribution in [2.75, 3.05) is 11.4 Å². The van der Waals surface area contributed by atoms with Gasteiger partial charge in [-0.3, -0.25) is 9.69 Å². The molecule has 2 atom stereocenters. The molecule has 1 aromatic rings. The van der Waals surface area contributed by atoms with Gasteiger partial charge in [0, 0.05) is 18.3 Å². The molecule has 2 rings (SSSR count). The van der Waals surface area contributed by atoms with Crippen molar-refractivity contribution in [2.45, 2.75) is 32.2 Å². The molecule has 5 nitrogen and oxygen atoms in total. The van der Waals surface area contributed by atoms with Crippen LogP contribution in [0.25, 0.3) is 0 Å². The van der Waals surface area contributed by atoms with E-state index in [2.05, 4.69) is 5.32 Å². The minimum absolute atomic E-state index is 0.138. The van der Waals surface area contributed by atoms with Crippen molar-refractivity contribution in [3.63, 3.8) is 0 Å². The number of nitrogens with zero attached hydrogens (tertiary/aromatic N) is 1. The Kier molecular flexibility index (Phi) is 4.77. The summed E-state index contributed by atoms with van der Waals surface area (Å²) in [6, 6.07) is 5.39. The molecule has 21 heavy (non-hydrogen) atoms. The number of anilines is 1. The average molecular weight is 294 g/mol. The molecule has 0 heterocycles. The zero-order valence-electron chi connectivity index (χ0n) is 11.9. The number of hydrogen-bond acceptors (Lipinski definition) is 2. The van der Waals surface area contributed by atoms with E-state index < -0.39 is 11.8 Å². The lowest BCUT2D eigenvalue weighted by Gasteiger charge is -2.24. The van der Waals surface area contributed by atoms with E-state index in [1.165, 1.54) is 17.0 Å². The fourth-order valence-corrected chi connectivity index (χ4v) is 2.68. The first-order valence-electron chi connectivity index (χ1n) is 7.07. The minimum atomic E-state index is -0.816. The largest absolute Gasteiger partial charge is 0.481 e. The Balaban J connectivity index is 2.00. The first-order chi connectivity index (χ1) is 10.0. The van der Waals surface area contributed by atoms with Crippen molar-refractivity contribution in [3.8, 4) is 0 Å². The first kappa shape index (κ1) is 15.3. The molecule has 0 spiro atoms. The van der Waals surface area contributed by atoms with Crippen LogP contribution in [0.2, 0.25) is 0 Å². The summed E-state index contributed by atoms with van der Waals surface area (Å²) in [6.45, 7) is 2.21. The summed E-state index contributed by atoms with van der Waals surface area (Å²) >= 11 is 0. The second-order valence-corrected chi connectivity index (χ2v) is 5.22. The van der Waals surface area contributed by atoms with E-state index in [9.17, 15) is 14.0 Å². The fourth-order valence-electron chi connectivity index (χ4n) is 2.68. The Hall–Kier alpha value is -2.11. The molecule has 0 bridgehead atoms. The number of halogens is 1. The van der Waals surface area contributed by atoms with Crippen LogP contribution in [0.4, 0.5) is 14.9 Å². The van der Waals surface area contributed by atoms with Crippen LogP contribution in [0.15, 0.2) is 24.3 Å². The highest BCUT2D eigenvalue weighted by Crippen LogP contribution is 2.26. The van der Waals surface area contributed by atoms with Crippen molar-refractivity contribution >= 4 is 17.7 Å². The SMILES string of the molecule is CCN(C(=O)N[C@H]1CC[C@@H](C(=O)O)C1)c1cccc(F)c1. The van der Waals surface area contributed by atoms with Crippen LogP contribution in [0.1, 0.15) is 26.2 Å². The molecule has 1 aliphatic carbocycles. The summed E-state index contributed by atoms with van der Waals surface area (Å²) in [4.78, 5) is 24.6. The molecule has 1 aromatic carbocycles. The van der Waals surface area contributed by atoms with E-state index >= 15 is 0 Å². The van der Waals surface area contributed by atoms with Gasteiger partial charge in [0.2, 0.25) is 0 Å². The predicted octanol–water partition coefficient (Wildman–Crippen LogP) is 2.61. The lowest BCUT2D eigenvalue weighted by atomic mass is 10.1. The summed E-state index contributed by atoms with van der Waals surface area (Å²) in [5, 5.41) is 11.8. The molecule has 1 saturated carbocycles. The van der Waals surface area contributed by atoms with E-state index in [1.54, 1.807) is 19.1 Å². The van der Waals surface area contributed by atoms with Crippen LogP contribution in [0, 0.1) is 11.7 Å². The number of amides is 2. The molecule has 0 radical (unpaired) electrons. The topological polar surface area (TPSA) is 69.6 Å². The summed E-state index contributed by atoms with van der Waals surface area (Å²) in [5.74, 6) is -1.60. The van der Waals surface area contributed by atoms with Gasteiger partial charge < -0.3 is 10.4 Å². The number of carbonyl (C=O) groups is 2. The lowest BCUT2D eigenvalue weighted by molar-refractivity contribution is -0.141. The smallest absolute Gasteiger partial charge is 0.322 e. The van der Waals surface area contributed by atoms with Gasteiger partial charge >= 0.3 is 12.0 Å². The Labute approximate surface area is 122 Å². The van der Waals surface area contributed by atoms with E-state index in [4.69, 9.17) is 5.11 Å². The Bertz CT molecular complexity index is 535. The first-order valence-corrected chi connectivity index (χ1v) is 7.07. The Morgan fingerprint density at radius 2 is 2.19 bits per heavy atom. The Morgan fingerprint density at radius 1 is 1.43 bits per heavy atom. The maximum Gasteiger partial charge on any atom is 0.322 e. The van der Waals surface area contributed by atoms with Gasteiger partial charge in [-0.1, -0.05) is 6.07 Å². The summed E-state index contributed by atoms with van der Waals surface area (Å²) < 4.78 is 13.2. The van der Waals surface area contributed by atoms with Gasteiger partial charge in [-0.05, 0) is 44.4 Å². The number of carboxylic acids is 1. The van der Waals surface area contributed by atoms with Gasteiger partial charge in [-0.15, -0.1) is 0 Å². The standard InChI is InChI=1S/C15H19FN2O3/c1-2-18(13-5-3-4-11(16)9-13)15(21)17-12-7-6-10(8-12)14(19)20/h3-5,9-10,12H,2,6-8H2,1H3,(H,17,21)(H,19,20)/t10-,12+/m1/s1. The number of carbonyl (C=O) groups excluding carboxylic acids is 1. The number of aliphatic carboxylic acids is 1. The van der Waals surface area contributed by atoms with Gasteiger partial charge in [0.05, 0.1) is 5.92 Å². The zero-order chi connectivity index (χ0) is 15.4. The van der Waals surface area contributed by atoms with Crippen LogP contribution in [-0.2, 0) is 4.79 Å². The minimum Gasteiger partial charge on any atom is -0.481 e. The number of benzene rings is 1. The third-order valence-corrected chi connectivity index (χ3v) is 3.79. The molecular formula is C15H19FN2O3. The number of rotatable bonds is 4. The maximum absolute atomic E-state index is 13.2. The van der Waals surface area contributed by atoms with Crippen LogP contribution in [-0.4, -0.2) is 29.7 Å². The summed E-state index contributed by atoms with van der Waals surface area (Å²) in [7, 11) is 0. The molecule has 0 aliphatic heterocycles. The van der Waals surface area contributed by atoms with Crippen molar-refractivity contribution in [3.05, 3.63) is 30.1 Å². The van der Waals surface area contributed by atoms with Crippen molar-refractivity contribution in [1.82, 2.24) is 5.32 Å². The van der Waals surface area contributed by atoms with Crippen molar-refractivity contribution < 1.29 is 19.1 Å². The third-order valence-electron chi connectivity index (χ3n) is 3.79. The fraction of sp³-hybridized carbons (Fsp3) is 0.467. The molecule has 1 fully saturated rings. The quantitative estimate of drug-likeness (QED) is 0.896. The average Bonchev–Trinajstić information content (AvgIpc) is 2.88. The second kappa shape index (κ2) is 6.56. The van der Waals surface area contributed by atoms with Crippen LogP contribution in [0.5, 0.6) is 0 Å². The van der Waals surface area contributed by atoms with Crippen LogP contribution in [0.3, 0.4) is 0 Å². The van der Waals surface area contributed by atoms with Gasteiger partial charge in [-0.25, -0.2) is 9.18 Å². The van der Waals surface area contributed by atoms with E-state index in [0.717, 1.165) is 0 Å². The highest BCUT2D eigenvalue weighted by atomic mass is 19.1. The molecule has 2 N–H and O–H groups in total. The highest BCUT2D eigenvalue weighted by molar-refractivity contribution is 5.92. The molecule has 0 saturated heterocycles. The van der Waals surface area contributed by atoms with Crippen molar-refractivity contribution in [1.29, 1.82) is 0 Å². The molecule has 6 heteroatoms. The monoisotopic (exact) mass is 294 g/mol. The zero-order valence-corrected chi connectivity index (χ0v) is 11.9. The van der Waals surface area contributed by atoms with E-state index in [-0.39, 0.29) is 18.0 Å². The highest BCUT2D eigenvalue weighted by Gasteiger charge is 2.31. The lowest BCUT2D eigenvalue weighted by Crippen LogP contribution is -2.44. The molecule has 0 unspecified atom stereocenters. The van der Waals surface area contributed by atoms with Crippen LogP contribution >= 0.6 is 0 Å². The summed E-state index contributed by atoms with van der Waals surface area (Å²) in [6.07, 6.45) is 1.68.